The molecule has 1 atom stereocenters. The van der Waals surface area contributed by atoms with Gasteiger partial charge in [0.25, 0.3) is 0 Å². The molecule has 0 fully saturated rings. The molecule has 0 aliphatic rings. The van der Waals surface area contributed by atoms with Crippen LogP contribution >= 0.6 is 35.0 Å². The van der Waals surface area contributed by atoms with Gasteiger partial charge in [0, 0.05) is 20.5 Å². The fourth-order valence-electron chi connectivity index (χ4n) is 1.69. The molecule has 0 heterocycles. The van der Waals surface area contributed by atoms with Crippen molar-refractivity contribution in [3.8, 4) is 5.75 Å². The Labute approximate surface area is 143 Å². The molecule has 6 heteroatoms. The van der Waals surface area contributed by atoms with E-state index < -0.39 is 11.2 Å². The van der Waals surface area contributed by atoms with Gasteiger partial charge in [-0.25, -0.2) is 0 Å². The first-order chi connectivity index (χ1) is 10.5. The van der Waals surface area contributed by atoms with Crippen molar-refractivity contribution in [3.63, 3.8) is 0 Å². The van der Waals surface area contributed by atoms with Gasteiger partial charge in [0.15, 0.2) is 0 Å². The topological polar surface area (TPSA) is 46.5 Å². The van der Waals surface area contributed by atoms with Crippen molar-refractivity contribution in [1.29, 1.82) is 0 Å². The highest BCUT2D eigenvalue weighted by Crippen LogP contribution is 2.28. The van der Waals surface area contributed by atoms with Gasteiger partial charge in [-0.3, -0.25) is 4.79 Å². The molecule has 2 rings (SSSR count). The van der Waals surface area contributed by atoms with Crippen LogP contribution in [0.2, 0.25) is 10.0 Å². The quantitative estimate of drug-likeness (QED) is 0.728. The zero-order chi connectivity index (χ0) is 16.1. The van der Waals surface area contributed by atoms with Crippen LogP contribution < -0.4 is 4.74 Å². The number of halogens is 2. The number of thioether (sulfide) groups is 1. The summed E-state index contributed by atoms with van der Waals surface area (Å²) in [6.45, 7) is 1.92. The fourth-order valence-corrected chi connectivity index (χ4v) is 3.00. The highest BCUT2D eigenvalue weighted by atomic mass is 35.5. The number of carbonyl (C=O) groups is 1. The molecule has 1 N–H and O–H groups in total. The molecule has 0 aromatic heterocycles. The Morgan fingerprint density at radius 1 is 1.18 bits per heavy atom. The van der Waals surface area contributed by atoms with E-state index in [0.717, 1.165) is 10.5 Å². The van der Waals surface area contributed by atoms with E-state index in [9.17, 15) is 4.79 Å². The van der Waals surface area contributed by atoms with Crippen molar-refractivity contribution in [2.45, 2.75) is 23.7 Å². The van der Waals surface area contributed by atoms with Crippen LogP contribution in [0.4, 0.5) is 0 Å². The summed E-state index contributed by atoms with van der Waals surface area (Å²) in [5.41, 5.74) is 0.740. The van der Waals surface area contributed by atoms with Gasteiger partial charge in [0.1, 0.15) is 17.6 Å². The number of aliphatic carboxylic acids is 1. The van der Waals surface area contributed by atoms with Crippen molar-refractivity contribution in [2.75, 3.05) is 0 Å². The van der Waals surface area contributed by atoms with E-state index in [1.165, 1.54) is 11.8 Å². The summed E-state index contributed by atoms with van der Waals surface area (Å²) in [6.07, 6.45) is 0. The maximum atomic E-state index is 10.8. The maximum Gasteiger partial charge on any atom is 0.316 e. The largest absolute Gasteiger partial charge is 0.489 e. The molecule has 2 aromatic carbocycles. The summed E-state index contributed by atoms with van der Waals surface area (Å²) >= 11 is 13.5. The van der Waals surface area contributed by atoms with Gasteiger partial charge in [-0.1, -0.05) is 29.3 Å². The number of carboxylic acid groups (broad SMARTS) is 1. The van der Waals surface area contributed by atoms with Gasteiger partial charge in [0.2, 0.25) is 0 Å². The molecule has 0 aliphatic heterocycles. The van der Waals surface area contributed by atoms with Crippen LogP contribution in [-0.4, -0.2) is 16.3 Å². The number of rotatable bonds is 6. The maximum absolute atomic E-state index is 10.8. The average Bonchev–Trinajstić information content (AvgIpc) is 2.48. The van der Waals surface area contributed by atoms with Gasteiger partial charge in [-0.05, 0) is 43.3 Å². The molecule has 0 saturated heterocycles. The summed E-state index contributed by atoms with van der Waals surface area (Å²) < 4.78 is 5.67. The zero-order valence-electron chi connectivity index (χ0n) is 11.8. The highest BCUT2D eigenvalue weighted by molar-refractivity contribution is 8.00. The first-order valence-electron chi connectivity index (χ1n) is 6.52. The van der Waals surface area contributed by atoms with Crippen LogP contribution in [0.3, 0.4) is 0 Å². The molecule has 2 aromatic rings. The first kappa shape index (κ1) is 17.0. The van der Waals surface area contributed by atoms with E-state index in [1.54, 1.807) is 37.3 Å². The van der Waals surface area contributed by atoms with Crippen molar-refractivity contribution < 1.29 is 14.6 Å². The van der Waals surface area contributed by atoms with Crippen LogP contribution in [0, 0.1) is 0 Å². The molecule has 1 unspecified atom stereocenters. The predicted octanol–water partition coefficient (Wildman–Crippen LogP) is 5.14. The number of hydrogen-bond acceptors (Lipinski definition) is 3. The minimum Gasteiger partial charge on any atom is -0.489 e. The highest BCUT2D eigenvalue weighted by Gasteiger charge is 2.12. The van der Waals surface area contributed by atoms with Crippen molar-refractivity contribution in [2.24, 2.45) is 0 Å². The van der Waals surface area contributed by atoms with Crippen molar-refractivity contribution in [1.82, 2.24) is 0 Å². The third-order valence-electron chi connectivity index (χ3n) is 2.93. The van der Waals surface area contributed by atoms with Crippen molar-refractivity contribution in [3.05, 3.63) is 58.1 Å². The Morgan fingerprint density at radius 3 is 2.32 bits per heavy atom. The normalized spacial score (nSPS) is 12.0. The van der Waals surface area contributed by atoms with E-state index in [1.807, 2.05) is 12.1 Å². The molecule has 0 amide bonds. The minimum absolute atomic E-state index is 0.274. The lowest BCUT2D eigenvalue weighted by molar-refractivity contribution is -0.136. The molecule has 3 nitrogen and oxygen atoms in total. The molecular weight excluding hydrogens is 343 g/mol. The second-order valence-corrected chi connectivity index (χ2v) is 6.79. The smallest absolute Gasteiger partial charge is 0.316 e. The summed E-state index contributed by atoms with van der Waals surface area (Å²) in [6, 6.07) is 12.5. The number of benzene rings is 2. The molecule has 0 aliphatic carbocycles. The summed E-state index contributed by atoms with van der Waals surface area (Å²) in [5, 5.41) is 9.53. The van der Waals surface area contributed by atoms with E-state index >= 15 is 0 Å². The van der Waals surface area contributed by atoms with E-state index in [0.29, 0.717) is 15.8 Å². The van der Waals surface area contributed by atoms with Crippen molar-refractivity contribution >= 4 is 40.9 Å². The molecule has 0 saturated carbocycles. The fraction of sp³-hybridized carbons (Fsp3) is 0.188. The minimum atomic E-state index is -0.835. The van der Waals surface area contributed by atoms with Gasteiger partial charge in [-0.15, -0.1) is 11.8 Å². The third kappa shape index (κ3) is 4.57. The second kappa shape index (κ2) is 7.77. The summed E-state index contributed by atoms with van der Waals surface area (Å²) in [5.74, 6) is -0.165. The Balaban J connectivity index is 1.98. The van der Waals surface area contributed by atoms with Gasteiger partial charge < -0.3 is 9.84 Å². The Hall–Kier alpha value is -1.36. The van der Waals surface area contributed by atoms with Crippen LogP contribution in [0.5, 0.6) is 5.75 Å². The number of hydrogen-bond donors (Lipinski definition) is 1. The molecule has 22 heavy (non-hydrogen) atoms. The summed E-state index contributed by atoms with van der Waals surface area (Å²) in [4.78, 5) is 11.7. The molecule has 116 valence electrons. The SMILES string of the molecule is CC(Sc1ccc(OCc2c(Cl)cccc2Cl)cc1)C(=O)O. The Bertz CT molecular complexity index is 639. The van der Waals surface area contributed by atoms with E-state index in [2.05, 4.69) is 0 Å². The van der Waals surface area contributed by atoms with Crippen LogP contribution in [-0.2, 0) is 11.4 Å². The number of carboxylic acids is 1. The molecule has 0 bridgehead atoms. The van der Waals surface area contributed by atoms with Gasteiger partial charge >= 0.3 is 5.97 Å². The zero-order valence-corrected chi connectivity index (χ0v) is 14.1. The lowest BCUT2D eigenvalue weighted by Crippen LogP contribution is -2.10. The van der Waals surface area contributed by atoms with E-state index in [-0.39, 0.29) is 6.61 Å². The first-order valence-corrected chi connectivity index (χ1v) is 8.16. The second-order valence-electron chi connectivity index (χ2n) is 4.56. The monoisotopic (exact) mass is 356 g/mol. The van der Waals surface area contributed by atoms with Crippen LogP contribution in [0.1, 0.15) is 12.5 Å². The van der Waals surface area contributed by atoms with E-state index in [4.69, 9.17) is 33.0 Å². The van der Waals surface area contributed by atoms with Gasteiger partial charge in [-0.2, -0.15) is 0 Å². The number of ether oxygens (including phenoxy) is 1. The molecular formula is C16H14Cl2O3S. The standard InChI is InChI=1S/C16H14Cl2O3S/c1-10(16(19)20)22-12-7-5-11(6-8-12)21-9-13-14(17)3-2-4-15(13)18/h2-8,10H,9H2,1H3,(H,19,20). The predicted molar refractivity (Wildman–Crippen MR) is 90.2 cm³/mol. The van der Waals surface area contributed by atoms with Crippen LogP contribution in [0.15, 0.2) is 47.4 Å². The summed E-state index contributed by atoms with van der Waals surface area (Å²) in [7, 11) is 0. The van der Waals surface area contributed by atoms with Crippen LogP contribution in [0.25, 0.3) is 0 Å². The average molecular weight is 357 g/mol. The molecule has 0 spiro atoms. The Morgan fingerprint density at radius 2 is 1.77 bits per heavy atom. The Kier molecular flexibility index (Phi) is 6.00. The lowest BCUT2D eigenvalue weighted by Gasteiger charge is -2.10. The van der Waals surface area contributed by atoms with Gasteiger partial charge in [0.05, 0.1) is 0 Å². The molecule has 0 radical (unpaired) electrons. The lowest BCUT2D eigenvalue weighted by atomic mass is 10.2. The third-order valence-corrected chi connectivity index (χ3v) is 4.74.